The summed E-state index contributed by atoms with van der Waals surface area (Å²) in [7, 11) is 0. The zero-order chi connectivity index (χ0) is 19.8. The Morgan fingerprint density at radius 3 is 1.59 bits per heavy atom. The molecule has 0 aliphatic heterocycles. The fraction of sp³-hybridized carbons (Fsp3) is 0.0952. The molecule has 29 heavy (non-hydrogen) atoms. The van der Waals surface area contributed by atoms with E-state index in [-0.39, 0.29) is 11.5 Å². The van der Waals surface area contributed by atoms with Gasteiger partial charge in [0, 0.05) is 44.9 Å². The van der Waals surface area contributed by atoms with Crippen LogP contribution in [0.5, 0.6) is 0 Å². The maximum absolute atomic E-state index is 12.4. The maximum atomic E-state index is 12.4. The lowest BCUT2D eigenvalue weighted by molar-refractivity contribution is 0.262. The van der Waals surface area contributed by atoms with E-state index in [9.17, 15) is 4.79 Å². The van der Waals surface area contributed by atoms with E-state index in [1.165, 1.54) is 0 Å². The highest BCUT2D eigenvalue weighted by molar-refractivity contribution is 6.03. The molecule has 2 aromatic carbocycles. The van der Waals surface area contributed by atoms with Crippen LogP contribution in [0.4, 0.5) is 27.5 Å². The van der Waals surface area contributed by atoms with Crippen LogP contribution < -0.4 is 22.1 Å². The third kappa shape index (κ3) is 4.02. The molecule has 0 bridgehead atoms. The number of amides is 2. The third-order valence-corrected chi connectivity index (χ3v) is 4.45. The van der Waals surface area contributed by atoms with E-state index >= 15 is 0 Å². The van der Waals surface area contributed by atoms with Crippen LogP contribution in [-0.2, 0) is 0 Å². The molecule has 8 heteroatoms. The summed E-state index contributed by atoms with van der Waals surface area (Å²) in [6, 6.07) is 14.1. The minimum atomic E-state index is -0.365. The van der Waals surface area contributed by atoms with Gasteiger partial charge in [0.05, 0.1) is 11.0 Å². The van der Waals surface area contributed by atoms with Crippen LogP contribution in [0.15, 0.2) is 48.5 Å². The number of nitrogens with zero attached hydrogens (tertiary/aromatic N) is 2. The highest BCUT2D eigenvalue weighted by Crippen LogP contribution is 2.26. The van der Waals surface area contributed by atoms with Crippen LogP contribution in [0.1, 0.15) is 11.4 Å². The number of carbonyl (C=O) groups excluding carboxylic acids is 1. The molecule has 0 aliphatic rings. The molecular weight excluding hydrogens is 368 g/mol. The van der Waals surface area contributed by atoms with E-state index in [1.54, 1.807) is 24.3 Å². The third-order valence-electron chi connectivity index (χ3n) is 4.45. The Labute approximate surface area is 167 Å². The molecule has 0 atom stereocenters. The van der Waals surface area contributed by atoms with Gasteiger partial charge in [-0.15, -0.1) is 0 Å². The molecule has 4 rings (SSSR count). The molecule has 0 saturated carbocycles. The molecule has 148 valence electrons. The summed E-state index contributed by atoms with van der Waals surface area (Å²) in [6.45, 7) is 3.78. The van der Waals surface area contributed by atoms with Crippen molar-refractivity contribution in [3.8, 4) is 0 Å². The van der Waals surface area contributed by atoms with Crippen molar-refractivity contribution in [2.45, 2.75) is 13.8 Å². The number of benzene rings is 2. The lowest BCUT2D eigenvalue weighted by atomic mass is 10.1. The summed E-state index contributed by atoms with van der Waals surface area (Å²) in [5.41, 5.74) is 17.9. The van der Waals surface area contributed by atoms with Crippen molar-refractivity contribution in [1.29, 1.82) is 0 Å². The number of hydrogen-bond donors (Lipinski definition) is 4. The molecule has 8 nitrogen and oxygen atoms in total. The first-order valence-electron chi connectivity index (χ1n) is 8.81. The van der Waals surface area contributed by atoms with E-state index in [0.29, 0.717) is 22.7 Å². The number of nitrogens with one attached hydrogen (secondary N) is 2. The Morgan fingerprint density at radius 2 is 1.17 bits per heavy atom. The maximum Gasteiger partial charge on any atom is 0.323 e. The first kappa shape index (κ1) is 19.8. The van der Waals surface area contributed by atoms with Gasteiger partial charge < -0.3 is 27.6 Å². The standard InChI is InChI=1S/C21H20N6O.H2O/c1-11-7-17(22)15-9-13(3-5-19(15)24-11)26-21(28)27-14-4-6-20-16(10-14)18(23)8-12(2)25-20;/h3-10H,1-2H3,(H2,22,24)(H2,23,25)(H2,26,27,28);1H2. The molecule has 0 fully saturated rings. The molecule has 2 amide bonds. The van der Waals surface area contributed by atoms with Crippen molar-refractivity contribution in [1.82, 2.24) is 9.97 Å². The summed E-state index contributed by atoms with van der Waals surface area (Å²) >= 11 is 0. The van der Waals surface area contributed by atoms with Gasteiger partial charge in [-0.25, -0.2) is 4.79 Å². The molecular formula is C21H22N6O2. The van der Waals surface area contributed by atoms with Crippen molar-refractivity contribution in [2.24, 2.45) is 0 Å². The van der Waals surface area contributed by atoms with E-state index in [1.807, 2.05) is 38.1 Å². The number of pyridine rings is 2. The summed E-state index contributed by atoms with van der Waals surface area (Å²) in [6.07, 6.45) is 0. The number of aryl methyl sites for hydroxylation is 2. The lowest BCUT2D eigenvalue weighted by Crippen LogP contribution is -2.19. The van der Waals surface area contributed by atoms with E-state index in [0.717, 1.165) is 33.2 Å². The number of urea groups is 1. The molecule has 2 aromatic heterocycles. The van der Waals surface area contributed by atoms with Gasteiger partial charge in [0.25, 0.3) is 0 Å². The zero-order valence-corrected chi connectivity index (χ0v) is 16.1. The lowest BCUT2D eigenvalue weighted by Gasteiger charge is -2.11. The number of hydrogen-bond acceptors (Lipinski definition) is 5. The molecule has 4 aromatic rings. The second-order valence-electron chi connectivity index (χ2n) is 6.75. The molecule has 0 unspecified atom stereocenters. The van der Waals surface area contributed by atoms with Gasteiger partial charge in [0.2, 0.25) is 0 Å². The van der Waals surface area contributed by atoms with Gasteiger partial charge in [-0.1, -0.05) is 0 Å². The fourth-order valence-corrected chi connectivity index (χ4v) is 3.23. The van der Waals surface area contributed by atoms with Crippen molar-refractivity contribution in [3.63, 3.8) is 0 Å². The van der Waals surface area contributed by atoms with E-state index < -0.39 is 0 Å². The highest BCUT2D eigenvalue weighted by Gasteiger charge is 2.08. The summed E-state index contributed by atoms with van der Waals surface area (Å²) in [4.78, 5) is 21.3. The second kappa shape index (κ2) is 7.61. The van der Waals surface area contributed by atoms with Gasteiger partial charge in [-0.2, -0.15) is 0 Å². The van der Waals surface area contributed by atoms with Crippen LogP contribution in [0.2, 0.25) is 0 Å². The molecule has 0 spiro atoms. The van der Waals surface area contributed by atoms with Crippen molar-refractivity contribution >= 4 is 50.6 Å². The smallest absolute Gasteiger partial charge is 0.323 e. The number of carbonyl (C=O) groups is 1. The van der Waals surface area contributed by atoms with Gasteiger partial charge in [-0.3, -0.25) is 9.97 Å². The van der Waals surface area contributed by atoms with E-state index in [2.05, 4.69) is 20.6 Å². The number of nitrogens with two attached hydrogens (primary N) is 2. The SMILES string of the molecule is Cc1cc(N)c2cc(NC(=O)Nc3ccc4nc(C)cc(N)c4c3)ccc2n1.O. The topological polar surface area (TPSA) is 150 Å². The Kier molecular flexibility index (Phi) is 5.20. The van der Waals surface area contributed by atoms with Gasteiger partial charge in [0.15, 0.2) is 0 Å². The molecule has 8 N–H and O–H groups in total. The normalized spacial score (nSPS) is 10.6. The Hall–Kier alpha value is -3.91. The average molecular weight is 390 g/mol. The summed E-state index contributed by atoms with van der Waals surface area (Å²) in [5.74, 6) is 0. The Balaban J connectivity index is 0.00000240. The van der Waals surface area contributed by atoms with Crippen LogP contribution >= 0.6 is 0 Å². The predicted octanol–water partition coefficient (Wildman–Crippen LogP) is 3.38. The fourth-order valence-electron chi connectivity index (χ4n) is 3.23. The van der Waals surface area contributed by atoms with Crippen LogP contribution in [0.25, 0.3) is 21.8 Å². The number of nitrogen functional groups attached to an aromatic ring is 2. The largest absolute Gasteiger partial charge is 0.412 e. The minimum Gasteiger partial charge on any atom is -0.412 e. The monoisotopic (exact) mass is 390 g/mol. The molecule has 0 saturated heterocycles. The van der Waals surface area contributed by atoms with Gasteiger partial charge in [0.1, 0.15) is 0 Å². The summed E-state index contributed by atoms with van der Waals surface area (Å²) in [5, 5.41) is 7.22. The Morgan fingerprint density at radius 1 is 0.759 bits per heavy atom. The molecule has 0 aliphatic carbocycles. The highest BCUT2D eigenvalue weighted by atomic mass is 16.2. The number of aromatic nitrogens is 2. The van der Waals surface area contributed by atoms with Crippen LogP contribution in [0.3, 0.4) is 0 Å². The van der Waals surface area contributed by atoms with Crippen molar-refractivity contribution in [2.75, 3.05) is 22.1 Å². The number of fused-ring (bicyclic) bond motifs is 2. The van der Waals surface area contributed by atoms with Gasteiger partial charge >= 0.3 is 6.03 Å². The Bertz CT molecular complexity index is 1140. The van der Waals surface area contributed by atoms with Gasteiger partial charge in [-0.05, 0) is 62.4 Å². The van der Waals surface area contributed by atoms with E-state index in [4.69, 9.17) is 11.5 Å². The first-order valence-corrected chi connectivity index (χ1v) is 8.81. The zero-order valence-electron chi connectivity index (χ0n) is 16.1. The number of anilines is 4. The summed E-state index contributed by atoms with van der Waals surface area (Å²) < 4.78 is 0. The molecule has 0 radical (unpaired) electrons. The molecule has 2 heterocycles. The van der Waals surface area contributed by atoms with Crippen LogP contribution in [-0.4, -0.2) is 21.5 Å². The van der Waals surface area contributed by atoms with Crippen LogP contribution in [0, 0.1) is 13.8 Å². The quantitative estimate of drug-likeness (QED) is 0.413. The first-order chi connectivity index (χ1) is 13.4. The number of rotatable bonds is 2. The minimum absolute atomic E-state index is 0. The van der Waals surface area contributed by atoms with Crippen molar-refractivity contribution < 1.29 is 10.3 Å². The average Bonchev–Trinajstić information content (AvgIpc) is 2.62. The second-order valence-corrected chi connectivity index (χ2v) is 6.75. The van der Waals surface area contributed by atoms with Crippen molar-refractivity contribution in [3.05, 3.63) is 59.9 Å². The predicted molar refractivity (Wildman–Crippen MR) is 118 cm³/mol.